The highest BCUT2D eigenvalue weighted by Gasteiger charge is 2.36. The van der Waals surface area contributed by atoms with Crippen molar-refractivity contribution in [1.29, 1.82) is 0 Å². The van der Waals surface area contributed by atoms with Crippen LogP contribution in [0.4, 0.5) is 5.69 Å². The van der Waals surface area contributed by atoms with Crippen LogP contribution >= 0.6 is 15.9 Å². The first kappa shape index (κ1) is 16.7. The van der Waals surface area contributed by atoms with E-state index in [1.807, 2.05) is 61.5 Å². The highest BCUT2D eigenvalue weighted by molar-refractivity contribution is 9.10. The maximum absolute atomic E-state index is 12.4. The van der Waals surface area contributed by atoms with Crippen LogP contribution in [0.3, 0.4) is 0 Å². The fraction of sp³-hybridized carbons (Fsp3) is 0.263. The zero-order chi connectivity index (χ0) is 17.1. The van der Waals surface area contributed by atoms with Gasteiger partial charge >= 0.3 is 0 Å². The number of nitrogens with one attached hydrogen (secondary N) is 1. The Labute approximate surface area is 150 Å². The van der Waals surface area contributed by atoms with Crippen molar-refractivity contribution < 1.29 is 9.59 Å². The zero-order valence-corrected chi connectivity index (χ0v) is 15.0. The van der Waals surface area contributed by atoms with E-state index >= 15 is 0 Å². The molecule has 1 saturated heterocycles. The van der Waals surface area contributed by atoms with Gasteiger partial charge in [0.15, 0.2) is 0 Å². The predicted molar refractivity (Wildman–Crippen MR) is 97.4 cm³/mol. The topological polar surface area (TPSA) is 49.4 Å². The number of likely N-dealkylation sites (tertiary alicyclic amines) is 1. The lowest BCUT2D eigenvalue weighted by molar-refractivity contribution is -0.129. The van der Waals surface area contributed by atoms with Crippen LogP contribution in [0.2, 0.25) is 0 Å². The third-order valence-corrected chi connectivity index (χ3v) is 4.92. The Bertz CT molecular complexity index is 731. The lowest BCUT2D eigenvalue weighted by Crippen LogP contribution is -2.30. The fourth-order valence-electron chi connectivity index (χ4n) is 2.97. The minimum absolute atomic E-state index is 0.0239. The van der Waals surface area contributed by atoms with Crippen LogP contribution in [0.5, 0.6) is 0 Å². The molecule has 2 aromatic rings. The number of rotatable bonds is 4. The second-order valence-corrected chi connectivity index (χ2v) is 6.95. The molecule has 2 atom stereocenters. The highest BCUT2D eigenvalue weighted by Crippen LogP contribution is 2.29. The van der Waals surface area contributed by atoms with Gasteiger partial charge in [-0.05, 0) is 36.8 Å². The first-order chi connectivity index (χ1) is 11.5. The minimum atomic E-state index is -0.313. The molecule has 0 radical (unpaired) electrons. The molecule has 0 spiro atoms. The molecule has 124 valence electrons. The smallest absolute Gasteiger partial charge is 0.229 e. The molecule has 1 aliphatic heterocycles. The number of halogens is 1. The molecule has 0 bridgehead atoms. The lowest BCUT2D eigenvalue weighted by atomic mass is 10.1. The molecule has 0 aromatic heterocycles. The number of amides is 2. The molecule has 0 unspecified atom stereocenters. The summed E-state index contributed by atoms with van der Waals surface area (Å²) in [6.07, 6.45) is 0.263. The van der Waals surface area contributed by atoms with Gasteiger partial charge in [0.25, 0.3) is 0 Å². The summed E-state index contributed by atoms with van der Waals surface area (Å²) in [5, 5.41) is 2.89. The SMILES string of the molecule is C[C@H](c1ccccc1)N1C[C@@H](C(=O)Nc2ccc(Br)cc2)CC1=O. The molecule has 3 rings (SSSR count). The summed E-state index contributed by atoms with van der Waals surface area (Å²) < 4.78 is 0.958. The number of carbonyl (C=O) groups excluding carboxylic acids is 2. The summed E-state index contributed by atoms with van der Waals surface area (Å²) in [4.78, 5) is 26.6. The molecule has 24 heavy (non-hydrogen) atoms. The molecular formula is C19H19BrN2O2. The van der Waals surface area contributed by atoms with Crippen LogP contribution in [-0.4, -0.2) is 23.3 Å². The van der Waals surface area contributed by atoms with Gasteiger partial charge < -0.3 is 10.2 Å². The third kappa shape index (κ3) is 3.67. The van der Waals surface area contributed by atoms with Gasteiger partial charge in [-0.15, -0.1) is 0 Å². The first-order valence-electron chi connectivity index (χ1n) is 7.95. The Hall–Kier alpha value is -2.14. The largest absolute Gasteiger partial charge is 0.335 e. The zero-order valence-electron chi connectivity index (χ0n) is 13.4. The molecule has 5 heteroatoms. The van der Waals surface area contributed by atoms with Gasteiger partial charge in [0.2, 0.25) is 11.8 Å². The summed E-state index contributed by atoms with van der Waals surface area (Å²) in [6.45, 7) is 2.46. The van der Waals surface area contributed by atoms with E-state index in [9.17, 15) is 9.59 Å². The summed E-state index contributed by atoms with van der Waals surface area (Å²) in [6, 6.07) is 17.3. The second kappa shape index (κ2) is 7.18. The van der Waals surface area contributed by atoms with Crippen LogP contribution in [0, 0.1) is 5.92 Å². The van der Waals surface area contributed by atoms with Crippen molar-refractivity contribution >= 4 is 33.4 Å². The number of carbonyl (C=O) groups is 2. The van der Waals surface area contributed by atoms with Gasteiger partial charge in [-0.2, -0.15) is 0 Å². The standard InChI is InChI=1S/C19H19BrN2O2/c1-13(14-5-3-2-4-6-14)22-12-15(11-18(22)23)19(24)21-17-9-7-16(20)8-10-17/h2-10,13,15H,11-12H2,1H3,(H,21,24)/t13-,15+/m1/s1. The van der Waals surface area contributed by atoms with Crippen molar-refractivity contribution in [2.75, 3.05) is 11.9 Å². The van der Waals surface area contributed by atoms with Crippen molar-refractivity contribution in [3.05, 3.63) is 64.6 Å². The van der Waals surface area contributed by atoms with E-state index < -0.39 is 0 Å². The average Bonchev–Trinajstić information content (AvgIpc) is 2.99. The maximum atomic E-state index is 12.4. The van der Waals surface area contributed by atoms with Gasteiger partial charge in [0.05, 0.1) is 12.0 Å². The number of benzene rings is 2. The fourth-order valence-corrected chi connectivity index (χ4v) is 3.23. The maximum Gasteiger partial charge on any atom is 0.229 e. The van der Waals surface area contributed by atoms with Crippen LogP contribution in [0.25, 0.3) is 0 Å². The van der Waals surface area contributed by atoms with Crippen LogP contribution in [-0.2, 0) is 9.59 Å². The second-order valence-electron chi connectivity index (χ2n) is 6.03. The van der Waals surface area contributed by atoms with Crippen molar-refractivity contribution in [1.82, 2.24) is 4.90 Å². The molecule has 0 saturated carbocycles. The molecule has 0 aliphatic carbocycles. The first-order valence-corrected chi connectivity index (χ1v) is 8.75. The normalized spacial score (nSPS) is 18.5. The van der Waals surface area contributed by atoms with E-state index in [4.69, 9.17) is 0 Å². The van der Waals surface area contributed by atoms with Gasteiger partial charge in [-0.25, -0.2) is 0 Å². The van der Waals surface area contributed by atoms with Gasteiger partial charge in [-0.3, -0.25) is 9.59 Å². The molecule has 1 heterocycles. The Morgan fingerprint density at radius 2 is 1.83 bits per heavy atom. The Morgan fingerprint density at radius 1 is 1.17 bits per heavy atom. The number of anilines is 1. The summed E-state index contributed by atoms with van der Waals surface area (Å²) in [5.74, 6) is -0.386. The Balaban J connectivity index is 1.65. The molecule has 2 amide bonds. The number of hydrogen-bond donors (Lipinski definition) is 1. The van der Waals surface area contributed by atoms with Gasteiger partial charge in [0.1, 0.15) is 0 Å². The van der Waals surface area contributed by atoms with Crippen LogP contribution in [0.1, 0.15) is 24.9 Å². The quantitative estimate of drug-likeness (QED) is 0.862. The Kier molecular flexibility index (Phi) is 5.00. The van der Waals surface area contributed by atoms with E-state index in [-0.39, 0.29) is 30.2 Å². The van der Waals surface area contributed by atoms with Gasteiger partial charge in [-0.1, -0.05) is 46.3 Å². The average molecular weight is 387 g/mol. The summed E-state index contributed by atoms with van der Waals surface area (Å²) >= 11 is 3.37. The van der Waals surface area contributed by atoms with Gasteiger partial charge in [0, 0.05) is 23.1 Å². The van der Waals surface area contributed by atoms with E-state index in [0.29, 0.717) is 6.54 Å². The molecular weight excluding hydrogens is 368 g/mol. The molecule has 1 N–H and O–H groups in total. The predicted octanol–water partition coefficient (Wildman–Crippen LogP) is 4.00. The van der Waals surface area contributed by atoms with E-state index in [1.165, 1.54) is 0 Å². The molecule has 2 aromatic carbocycles. The summed E-state index contributed by atoms with van der Waals surface area (Å²) in [5.41, 5.74) is 1.82. The summed E-state index contributed by atoms with van der Waals surface area (Å²) in [7, 11) is 0. The van der Waals surface area contributed by atoms with E-state index in [2.05, 4.69) is 21.2 Å². The molecule has 4 nitrogen and oxygen atoms in total. The third-order valence-electron chi connectivity index (χ3n) is 4.39. The number of hydrogen-bond acceptors (Lipinski definition) is 2. The van der Waals surface area contributed by atoms with Crippen molar-refractivity contribution in [2.24, 2.45) is 5.92 Å². The monoisotopic (exact) mass is 386 g/mol. The number of nitrogens with zero attached hydrogens (tertiary/aromatic N) is 1. The van der Waals surface area contributed by atoms with Crippen LogP contribution in [0.15, 0.2) is 59.1 Å². The van der Waals surface area contributed by atoms with Crippen molar-refractivity contribution in [2.45, 2.75) is 19.4 Å². The highest BCUT2D eigenvalue weighted by atomic mass is 79.9. The molecule has 1 fully saturated rings. The van der Waals surface area contributed by atoms with Crippen molar-refractivity contribution in [3.63, 3.8) is 0 Å². The minimum Gasteiger partial charge on any atom is -0.335 e. The lowest BCUT2D eigenvalue weighted by Gasteiger charge is -2.25. The van der Waals surface area contributed by atoms with E-state index in [0.717, 1.165) is 15.7 Å². The van der Waals surface area contributed by atoms with E-state index in [1.54, 1.807) is 4.90 Å². The van der Waals surface area contributed by atoms with Crippen LogP contribution < -0.4 is 5.32 Å². The molecule has 1 aliphatic rings. The Morgan fingerprint density at radius 3 is 2.50 bits per heavy atom. The van der Waals surface area contributed by atoms with Crippen molar-refractivity contribution in [3.8, 4) is 0 Å².